The molecule has 136 valence electrons. The van der Waals surface area contributed by atoms with Crippen molar-refractivity contribution < 1.29 is 14.6 Å². The van der Waals surface area contributed by atoms with Crippen LogP contribution in [0.25, 0.3) is 10.9 Å². The zero-order valence-electron chi connectivity index (χ0n) is 15.2. The Balaban J connectivity index is 1.75. The Kier molecular flexibility index (Phi) is 4.32. The van der Waals surface area contributed by atoms with Crippen molar-refractivity contribution in [3.8, 4) is 0 Å². The van der Waals surface area contributed by atoms with E-state index in [0.717, 1.165) is 37.8 Å². The molecule has 2 atom stereocenters. The number of hydrogen-bond donors (Lipinski definition) is 2. The number of esters is 1. The standard InChI is InChI=1S/C21H24N2O3/c1-3-13-11-23-9-8-15-14-6-4-5-7-18(14)22-20(15)19(23)10-16(13)17(12-24)21(25)26-2/h3-7,12,16,19,22,24H,8-11H2,1-2H3/b13-3+,17-12-/t16-,19+/m0/s1. The fourth-order valence-electron chi connectivity index (χ4n) is 4.57. The predicted molar refractivity (Wildman–Crippen MR) is 101 cm³/mol. The third-order valence-corrected chi connectivity index (χ3v) is 5.87. The van der Waals surface area contributed by atoms with Crippen LogP contribution in [0.5, 0.6) is 0 Å². The van der Waals surface area contributed by atoms with Crippen molar-refractivity contribution in [2.75, 3.05) is 20.2 Å². The van der Waals surface area contributed by atoms with Gasteiger partial charge in [0.1, 0.15) is 0 Å². The monoisotopic (exact) mass is 352 g/mol. The summed E-state index contributed by atoms with van der Waals surface area (Å²) < 4.78 is 4.89. The van der Waals surface area contributed by atoms with Crippen LogP contribution in [0.4, 0.5) is 0 Å². The molecular weight excluding hydrogens is 328 g/mol. The molecule has 2 aromatic rings. The maximum atomic E-state index is 12.2. The summed E-state index contributed by atoms with van der Waals surface area (Å²) in [5.41, 5.74) is 5.30. The lowest BCUT2D eigenvalue weighted by Gasteiger charge is -2.43. The number of benzene rings is 1. The van der Waals surface area contributed by atoms with Gasteiger partial charge < -0.3 is 14.8 Å². The molecule has 2 aliphatic heterocycles. The number of H-pyrrole nitrogens is 1. The van der Waals surface area contributed by atoms with Crippen molar-refractivity contribution in [2.45, 2.75) is 25.8 Å². The molecule has 0 aliphatic carbocycles. The molecule has 2 aliphatic rings. The van der Waals surface area contributed by atoms with Gasteiger partial charge in [-0.05, 0) is 31.4 Å². The van der Waals surface area contributed by atoms with Gasteiger partial charge in [-0.1, -0.05) is 29.8 Å². The Morgan fingerprint density at radius 2 is 2.19 bits per heavy atom. The van der Waals surface area contributed by atoms with Gasteiger partial charge in [0, 0.05) is 35.6 Å². The summed E-state index contributed by atoms with van der Waals surface area (Å²) in [6.45, 7) is 3.79. The fraction of sp³-hybridized carbons (Fsp3) is 0.381. The van der Waals surface area contributed by atoms with Gasteiger partial charge >= 0.3 is 5.97 Å². The van der Waals surface area contributed by atoms with E-state index in [1.807, 2.05) is 13.0 Å². The van der Waals surface area contributed by atoms with E-state index in [2.05, 4.69) is 34.2 Å². The van der Waals surface area contributed by atoms with E-state index in [1.54, 1.807) is 0 Å². The zero-order valence-corrected chi connectivity index (χ0v) is 15.2. The molecule has 1 aromatic heterocycles. The molecule has 3 heterocycles. The minimum atomic E-state index is -0.460. The number of aromatic nitrogens is 1. The smallest absolute Gasteiger partial charge is 0.337 e. The molecule has 1 saturated heterocycles. The third kappa shape index (κ3) is 2.54. The van der Waals surface area contributed by atoms with Crippen LogP contribution in [0.3, 0.4) is 0 Å². The topological polar surface area (TPSA) is 65.6 Å². The highest BCUT2D eigenvalue weighted by atomic mass is 16.5. The van der Waals surface area contributed by atoms with Crippen LogP contribution >= 0.6 is 0 Å². The number of carbonyl (C=O) groups excluding carboxylic acids is 1. The van der Waals surface area contributed by atoms with Gasteiger partial charge in [0.25, 0.3) is 0 Å². The normalized spacial score (nSPS) is 25.2. The molecule has 0 saturated carbocycles. The lowest BCUT2D eigenvalue weighted by atomic mass is 9.78. The number of allylic oxidation sites excluding steroid dienone is 1. The van der Waals surface area contributed by atoms with Crippen molar-refractivity contribution in [1.82, 2.24) is 9.88 Å². The van der Waals surface area contributed by atoms with E-state index in [-0.39, 0.29) is 12.0 Å². The summed E-state index contributed by atoms with van der Waals surface area (Å²) in [7, 11) is 1.35. The maximum Gasteiger partial charge on any atom is 0.337 e. The van der Waals surface area contributed by atoms with Crippen LogP contribution in [-0.2, 0) is 16.0 Å². The van der Waals surface area contributed by atoms with E-state index in [9.17, 15) is 9.90 Å². The Morgan fingerprint density at radius 3 is 2.92 bits per heavy atom. The summed E-state index contributed by atoms with van der Waals surface area (Å²) >= 11 is 0. The van der Waals surface area contributed by atoms with Crippen LogP contribution < -0.4 is 0 Å². The van der Waals surface area contributed by atoms with Crippen molar-refractivity contribution in [3.63, 3.8) is 0 Å². The number of hydrogen-bond acceptors (Lipinski definition) is 4. The Labute approximate surface area is 153 Å². The molecule has 2 N–H and O–H groups in total. The van der Waals surface area contributed by atoms with Gasteiger partial charge in [-0.2, -0.15) is 0 Å². The first-order valence-electron chi connectivity index (χ1n) is 9.09. The number of carbonyl (C=O) groups is 1. The van der Waals surface area contributed by atoms with Gasteiger partial charge in [-0.15, -0.1) is 0 Å². The van der Waals surface area contributed by atoms with Crippen LogP contribution in [0.15, 0.2) is 47.7 Å². The number of fused-ring (bicyclic) bond motifs is 5. The number of aromatic amines is 1. The molecule has 5 nitrogen and oxygen atoms in total. The first kappa shape index (κ1) is 16.9. The number of nitrogens with zero attached hydrogens (tertiary/aromatic N) is 1. The lowest BCUT2D eigenvalue weighted by Crippen LogP contribution is -2.43. The molecule has 1 aromatic carbocycles. The van der Waals surface area contributed by atoms with Crippen LogP contribution in [0, 0.1) is 5.92 Å². The second-order valence-electron chi connectivity index (χ2n) is 7.03. The highest BCUT2D eigenvalue weighted by Crippen LogP contribution is 2.44. The molecule has 5 heteroatoms. The van der Waals surface area contributed by atoms with Crippen molar-refractivity contribution in [2.24, 2.45) is 5.92 Å². The number of piperidine rings is 1. The van der Waals surface area contributed by atoms with E-state index < -0.39 is 5.97 Å². The second-order valence-corrected chi connectivity index (χ2v) is 7.03. The summed E-state index contributed by atoms with van der Waals surface area (Å²) in [5.74, 6) is -0.589. The van der Waals surface area contributed by atoms with Gasteiger partial charge in [-0.25, -0.2) is 4.79 Å². The first-order chi connectivity index (χ1) is 12.7. The quantitative estimate of drug-likeness (QED) is 0.375. The van der Waals surface area contributed by atoms with Gasteiger partial charge in [-0.3, -0.25) is 4.90 Å². The molecular formula is C21H24N2O3. The van der Waals surface area contributed by atoms with Gasteiger partial charge in [0.15, 0.2) is 0 Å². The number of rotatable bonds is 2. The van der Waals surface area contributed by atoms with E-state index in [4.69, 9.17) is 4.74 Å². The number of methoxy groups -OCH3 is 1. The molecule has 0 bridgehead atoms. The van der Waals surface area contributed by atoms with Crippen LogP contribution in [-0.4, -0.2) is 41.2 Å². The average molecular weight is 352 g/mol. The molecule has 0 radical (unpaired) electrons. The Bertz CT molecular complexity index is 909. The summed E-state index contributed by atoms with van der Waals surface area (Å²) in [6, 6.07) is 8.62. The molecule has 0 unspecified atom stereocenters. The number of nitrogens with one attached hydrogen (secondary N) is 1. The van der Waals surface area contributed by atoms with Crippen molar-refractivity contribution in [3.05, 3.63) is 59.0 Å². The van der Waals surface area contributed by atoms with E-state index in [0.29, 0.717) is 5.57 Å². The van der Waals surface area contributed by atoms with Gasteiger partial charge in [0.2, 0.25) is 0 Å². The fourth-order valence-corrected chi connectivity index (χ4v) is 4.57. The molecule has 4 rings (SSSR count). The van der Waals surface area contributed by atoms with Gasteiger partial charge in [0.05, 0.1) is 25.0 Å². The maximum absolute atomic E-state index is 12.2. The molecule has 0 spiro atoms. The molecule has 26 heavy (non-hydrogen) atoms. The van der Waals surface area contributed by atoms with E-state index >= 15 is 0 Å². The number of aliphatic hydroxyl groups is 1. The van der Waals surface area contributed by atoms with Crippen molar-refractivity contribution in [1.29, 1.82) is 0 Å². The minimum absolute atomic E-state index is 0.129. The third-order valence-electron chi connectivity index (χ3n) is 5.87. The molecule has 1 fully saturated rings. The highest BCUT2D eigenvalue weighted by Gasteiger charge is 2.40. The summed E-state index contributed by atoms with van der Waals surface area (Å²) in [4.78, 5) is 18.2. The summed E-state index contributed by atoms with van der Waals surface area (Å²) in [6.07, 6.45) is 4.76. The van der Waals surface area contributed by atoms with E-state index in [1.165, 1.54) is 29.3 Å². The Morgan fingerprint density at radius 1 is 1.38 bits per heavy atom. The summed E-state index contributed by atoms with van der Waals surface area (Å²) in [5, 5.41) is 11.0. The van der Waals surface area contributed by atoms with Crippen LogP contribution in [0.2, 0.25) is 0 Å². The average Bonchev–Trinajstić information content (AvgIpc) is 3.07. The molecule has 0 amide bonds. The Hall–Kier alpha value is -2.53. The largest absolute Gasteiger partial charge is 0.515 e. The van der Waals surface area contributed by atoms with Crippen LogP contribution in [0.1, 0.15) is 30.6 Å². The SMILES string of the molecule is C/C=C1\CN2CCc3c([nH]c4ccccc34)[C@H]2C[C@@H]1/C(=C/O)C(=O)OC. The highest BCUT2D eigenvalue weighted by molar-refractivity contribution is 5.89. The zero-order chi connectivity index (χ0) is 18.3. The number of para-hydroxylation sites is 1. The number of aliphatic hydroxyl groups excluding tert-OH is 1. The lowest BCUT2D eigenvalue weighted by molar-refractivity contribution is -0.136. The number of ether oxygens (including phenoxy) is 1. The minimum Gasteiger partial charge on any atom is -0.515 e. The first-order valence-corrected chi connectivity index (χ1v) is 9.09. The van der Waals surface area contributed by atoms with Crippen molar-refractivity contribution >= 4 is 16.9 Å². The predicted octanol–water partition coefficient (Wildman–Crippen LogP) is 3.65. The second kappa shape index (κ2) is 6.65.